The fraction of sp³-hybridized carbons (Fsp3) is 0.167. The highest BCUT2D eigenvalue weighted by Crippen LogP contribution is 2.05. The number of benzene rings is 1. The first kappa shape index (κ1) is 11.2. The second kappa shape index (κ2) is 5.75. The van der Waals surface area contributed by atoms with Crippen LogP contribution in [0.4, 0.5) is 0 Å². The van der Waals surface area contributed by atoms with E-state index in [0.29, 0.717) is 5.56 Å². The lowest BCUT2D eigenvalue weighted by molar-refractivity contribution is 0.0954. The number of amides is 1. The van der Waals surface area contributed by atoms with Crippen molar-refractivity contribution in [1.82, 2.24) is 5.43 Å². The third-order valence-electron chi connectivity index (χ3n) is 1.91. The second-order valence-corrected chi connectivity index (χ2v) is 3.06. The summed E-state index contributed by atoms with van der Waals surface area (Å²) in [6, 6.07) is 7.40. The Morgan fingerprint density at radius 2 is 2.13 bits per heavy atom. The molecule has 0 aromatic heterocycles. The molecule has 0 spiro atoms. The number of carbonyl (C=O) groups excluding carboxylic acids is 1. The van der Waals surface area contributed by atoms with Gasteiger partial charge in [0.1, 0.15) is 0 Å². The highest BCUT2D eigenvalue weighted by molar-refractivity contribution is 5.95. The summed E-state index contributed by atoms with van der Waals surface area (Å²) in [4.78, 5) is 11.6. The van der Waals surface area contributed by atoms with E-state index in [1.165, 1.54) is 6.21 Å². The number of rotatable bonds is 3. The smallest absolute Gasteiger partial charge is 0.267 e. The van der Waals surface area contributed by atoms with E-state index in [4.69, 9.17) is 0 Å². The van der Waals surface area contributed by atoms with E-state index in [-0.39, 0.29) is 5.91 Å². The first-order chi connectivity index (χ1) is 7.25. The Hall–Kier alpha value is -1.90. The number of hydrazone groups is 1. The van der Waals surface area contributed by atoms with Gasteiger partial charge >= 0.3 is 0 Å². The van der Waals surface area contributed by atoms with Gasteiger partial charge in [0.15, 0.2) is 0 Å². The zero-order valence-corrected chi connectivity index (χ0v) is 8.90. The number of nitrogens with one attached hydrogen (secondary N) is 1. The molecule has 0 aliphatic rings. The molecule has 0 aliphatic carbocycles. The van der Waals surface area contributed by atoms with Crippen molar-refractivity contribution in [3.05, 3.63) is 47.5 Å². The van der Waals surface area contributed by atoms with E-state index in [0.717, 1.165) is 5.56 Å². The minimum absolute atomic E-state index is 0.186. The molecule has 1 rings (SSSR count). The highest BCUT2D eigenvalue weighted by atomic mass is 16.2. The van der Waals surface area contributed by atoms with Crippen LogP contribution in [0.5, 0.6) is 0 Å². The maximum Gasteiger partial charge on any atom is 0.271 e. The lowest BCUT2D eigenvalue weighted by Crippen LogP contribution is -2.18. The number of hydrogen-bond donors (Lipinski definition) is 1. The van der Waals surface area contributed by atoms with Crippen LogP contribution in [0.25, 0.3) is 0 Å². The van der Waals surface area contributed by atoms with Crippen LogP contribution >= 0.6 is 0 Å². The molecule has 0 unspecified atom stereocenters. The molecule has 0 atom stereocenters. The second-order valence-electron chi connectivity index (χ2n) is 3.06. The Balaban J connectivity index is 2.66. The van der Waals surface area contributed by atoms with Gasteiger partial charge < -0.3 is 0 Å². The zero-order valence-electron chi connectivity index (χ0n) is 8.90. The number of hydrogen-bond acceptors (Lipinski definition) is 2. The molecule has 1 amide bonds. The van der Waals surface area contributed by atoms with Crippen LogP contribution in [0.15, 0.2) is 41.5 Å². The summed E-state index contributed by atoms with van der Waals surface area (Å²) in [5.41, 5.74) is 4.04. The highest BCUT2D eigenvalue weighted by Gasteiger charge is 2.05. The molecule has 15 heavy (non-hydrogen) atoms. The maximum absolute atomic E-state index is 11.6. The minimum atomic E-state index is -0.186. The van der Waals surface area contributed by atoms with Crippen LogP contribution in [0, 0.1) is 6.92 Å². The Kier molecular flexibility index (Phi) is 4.29. The molecule has 0 radical (unpaired) electrons. The van der Waals surface area contributed by atoms with Gasteiger partial charge in [0, 0.05) is 11.8 Å². The van der Waals surface area contributed by atoms with Crippen molar-refractivity contribution in [1.29, 1.82) is 0 Å². The molecule has 0 saturated carbocycles. The maximum atomic E-state index is 11.6. The van der Waals surface area contributed by atoms with E-state index in [1.54, 1.807) is 12.1 Å². The Labute approximate surface area is 89.5 Å². The first-order valence-corrected chi connectivity index (χ1v) is 4.76. The molecule has 78 valence electrons. The van der Waals surface area contributed by atoms with Crippen molar-refractivity contribution in [3.8, 4) is 0 Å². The van der Waals surface area contributed by atoms with E-state index in [9.17, 15) is 4.79 Å². The number of nitrogens with zero attached hydrogens (tertiary/aromatic N) is 1. The molecule has 1 aromatic rings. The molecule has 3 nitrogen and oxygen atoms in total. The third-order valence-corrected chi connectivity index (χ3v) is 1.91. The standard InChI is InChI=1S/C12H14N2O/c1-3-4-9-13-14-12(15)11-8-6-5-7-10(11)2/h3-9H,1-2H3,(H,14,15)/b4-3+,13-9+. The molecule has 0 fully saturated rings. The van der Waals surface area contributed by atoms with Gasteiger partial charge in [-0.25, -0.2) is 5.43 Å². The SMILES string of the molecule is C/C=C/C=N/NC(=O)c1ccccc1C. The van der Waals surface area contributed by atoms with Gasteiger partial charge in [0.25, 0.3) is 5.91 Å². The fourth-order valence-corrected chi connectivity index (χ4v) is 1.11. The van der Waals surface area contributed by atoms with Crippen molar-refractivity contribution in [2.24, 2.45) is 5.10 Å². The molecule has 0 bridgehead atoms. The fourth-order valence-electron chi connectivity index (χ4n) is 1.11. The monoisotopic (exact) mass is 202 g/mol. The van der Waals surface area contributed by atoms with Gasteiger partial charge in [-0.1, -0.05) is 24.3 Å². The average Bonchev–Trinajstić information content (AvgIpc) is 2.25. The van der Waals surface area contributed by atoms with Gasteiger partial charge in [0.2, 0.25) is 0 Å². The van der Waals surface area contributed by atoms with Gasteiger partial charge in [-0.3, -0.25) is 4.79 Å². The summed E-state index contributed by atoms with van der Waals surface area (Å²) in [5, 5.41) is 3.77. The van der Waals surface area contributed by atoms with Crippen LogP contribution in [0.1, 0.15) is 22.8 Å². The van der Waals surface area contributed by atoms with Gasteiger partial charge in [-0.05, 0) is 31.6 Å². The largest absolute Gasteiger partial charge is 0.271 e. The summed E-state index contributed by atoms with van der Waals surface area (Å²) in [7, 11) is 0. The van der Waals surface area contributed by atoms with Crippen LogP contribution < -0.4 is 5.43 Å². The molecule has 0 heterocycles. The van der Waals surface area contributed by atoms with E-state index in [1.807, 2.05) is 38.1 Å². The van der Waals surface area contributed by atoms with Crippen LogP contribution in [-0.4, -0.2) is 12.1 Å². The van der Waals surface area contributed by atoms with Gasteiger partial charge in [-0.15, -0.1) is 0 Å². The van der Waals surface area contributed by atoms with Crippen LogP contribution in [0.3, 0.4) is 0 Å². The summed E-state index contributed by atoms with van der Waals surface area (Å²) in [6.07, 6.45) is 5.12. The minimum Gasteiger partial charge on any atom is -0.267 e. The quantitative estimate of drug-likeness (QED) is 0.593. The van der Waals surface area contributed by atoms with E-state index >= 15 is 0 Å². The molecule has 0 saturated heterocycles. The zero-order chi connectivity index (χ0) is 11.1. The topological polar surface area (TPSA) is 41.5 Å². The summed E-state index contributed by atoms with van der Waals surface area (Å²) in [6.45, 7) is 3.78. The summed E-state index contributed by atoms with van der Waals surface area (Å²) < 4.78 is 0. The van der Waals surface area contributed by atoms with Crippen molar-refractivity contribution in [2.45, 2.75) is 13.8 Å². The predicted molar refractivity (Wildman–Crippen MR) is 62.0 cm³/mol. The Morgan fingerprint density at radius 3 is 2.80 bits per heavy atom. The number of carbonyl (C=O) groups is 1. The van der Waals surface area contributed by atoms with Gasteiger partial charge in [0.05, 0.1) is 0 Å². The lowest BCUT2D eigenvalue weighted by Gasteiger charge is -2.02. The van der Waals surface area contributed by atoms with Crippen LogP contribution in [-0.2, 0) is 0 Å². The number of aryl methyl sites for hydroxylation is 1. The van der Waals surface area contributed by atoms with Crippen molar-refractivity contribution < 1.29 is 4.79 Å². The molecule has 3 heteroatoms. The van der Waals surface area contributed by atoms with E-state index in [2.05, 4.69) is 10.5 Å². The Bertz CT molecular complexity index is 394. The first-order valence-electron chi connectivity index (χ1n) is 4.76. The summed E-state index contributed by atoms with van der Waals surface area (Å²) in [5.74, 6) is -0.186. The number of allylic oxidation sites excluding steroid dienone is 2. The normalized spacial score (nSPS) is 11.1. The van der Waals surface area contributed by atoms with Crippen molar-refractivity contribution in [3.63, 3.8) is 0 Å². The molecular weight excluding hydrogens is 188 g/mol. The molecule has 1 aromatic carbocycles. The molecular formula is C12H14N2O. The molecule has 1 N–H and O–H groups in total. The van der Waals surface area contributed by atoms with Crippen molar-refractivity contribution >= 4 is 12.1 Å². The predicted octanol–water partition coefficient (Wildman–Crippen LogP) is 2.29. The van der Waals surface area contributed by atoms with E-state index < -0.39 is 0 Å². The van der Waals surface area contributed by atoms with Crippen LogP contribution in [0.2, 0.25) is 0 Å². The Morgan fingerprint density at radius 1 is 1.40 bits per heavy atom. The summed E-state index contributed by atoms with van der Waals surface area (Å²) >= 11 is 0. The average molecular weight is 202 g/mol. The lowest BCUT2D eigenvalue weighted by atomic mass is 10.1. The molecule has 0 aliphatic heterocycles. The van der Waals surface area contributed by atoms with Crippen molar-refractivity contribution in [2.75, 3.05) is 0 Å². The third kappa shape index (κ3) is 3.38. The van der Waals surface area contributed by atoms with Gasteiger partial charge in [-0.2, -0.15) is 5.10 Å².